The van der Waals surface area contributed by atoms with Crippen molar-refractivity contribution in [3.63, 3.8) is 0 Å². The van der Waals surface area contributed by atoms with E-state index in [9.17, 15) is 14.4 Å². The van der Waals surface area contributed by atoms with Crippen molar-refractivity contribution in [2.45, 2.75) is 0 Å². The molecule has 3 amide bonds. The summed E-state index contributed by atoms with van der Waals surface area (Å²) in [5.41, 5.74) is 1.49. The first kappa shape index (κ1) is 21.9. The Hall–Kier alpha value is -3.35. The van der Waals surface area contributed by atoms with Crippen LogP contribution in [0.3, 0.4) is 0 Å². The molecule has 8 heteroatoms. The molecule has 3 aromatic rings. The highest BCUT2D eigenvalue weighted by molar-refractivity contribution is 6.36. The van der Waals surface area contributed by atoms with Crippen LogP contribution in [0, 0.1) is 0 Å². The topological polar surface area (TPSA) is 66.9 Å². The van der Waals surface area contributed by atoms with Gasteiger partial charge in [-0.15, -0.1) is 0 Å². The number of rotatable bonds is 6. The molecule has 4 rings (SSSR count). The minimum Gasteiger partial charge on any atom is -0.494 e. The number of carbonyl (C=O) groups excluding carboxylic acids is 3. The molecule has 0 saturated carbocycles. The molecular weight excluding hydrogens is 451 g/mol. The lowest BCUT2D eigenvalue weighted by molar-refractivity contribution is 0.0654. The highest BCUT2D eigenvalue weighted by atomic mass is 35.5. The Morgan fingerprint density at radius 2 is 1.53 bits per heavy atom. The van der Waals surface area contributed by atoms with Crippen LogP contribution < -0.4 is 9.64 Å². The SMILES string of the molecule is COc1c(Cl)cc(Cl)cc1C(=O)N(CCN1C(=O)c2ccccc2C1=O)c1ccccc1. The fourth-order valence-electron chi connectivity index (χ4n) is 3.67. The smallest absolute Gasteiger partial charge is 0.262 e. The standard InChI is InChI=1S/C24H18Cl2N2O4/c1-32-21-19(13-15(25)14-20(21)26)24(31)27(16-7-3-2-4-8-16)11-12-28-22(29)17-9-5-6-10-18(17)23(28)30/h2-10,13-14H,11-12H2,1H3. The van der Waals surface area contributed by atoms with Crippen molar-refractivity contribution < 1.29 is 19.1 Å². The summed E-state index contributed by atoms with van der Waals surface area (Å²) >= 11 is 12.4. The molecule has 0 atom stereocenters. The van der Waals surface area contributed by atoms with Crippen LogP contribution in [0.4, 0.5) is 5.69 Å². The maximum Gasteiger partial charge on any atom is 0.262 e. The Labute approximate surface area is 194 Å². The van der Waals surface area contributed by atoms with Crippen molar-refractivity contribution in [3.05, 3.63) is 93.5 Å². The summed E-state index contributed by atoms with van der Waals surface area (Å²) in [5, 5.41) is 0.490. The number of hydrogen-bond donors (Lipinski definition) is 0. The Balaban J connectivity index is 1.66. The van der Waals surface area contributed by atoms with Crippen LogP contribution in [-0.4, -0.2) is 42.8 Å². The van der Waals surface area contributed by atoms with Crippen molar-refractivity contribution >= 4 is 46.6 Å². The first-order chi connectivity index (χ1) is 15.4. The molecule has 0 fully saturated rings. The van der Waals surface area contributed by atoms with Gasteiger partial charge in [0.1, 0.15) is 5.75 Å². The predicted molar refractivity (Wildman–Crippen MR) is 123 cm³/mol. The first-order valence-corrected chi connectivity index (χ1v) is 10.5. The Morgan fingerprint density at radius 1 is 0.938 bits per heavy atom. The van der Waals surface area contributed by atoms with E-state index in [1.165, 1.54) is 24.1 Å². The molecule has 32 heavy (non-hydrogen) atoms. The summed E-state index contributed by atoms with van der Waals surface area (Å²) in [6, 6.07) is 18.6. The number of para-hydroxylation sites is 1. The third-order valence-corrected chi connectivity index (χ3v) is 5.68. The van der Waals surface area contributed by atoms with Gasteiger partial charge in [0.05, 0.1) is 28.8 Å². The van der Waals surface area contributed by atoms with Crippen molar-refractivity contribution in [3.8, 4) is 5.75 Å². The number of methoxy groups -OCH3 is 1. The molecule has 1 heterocycles. The molecule has 3 aromatic carbocycles. The van der Waals surface area contributed by atoms with Crippen LogP contribution >= 0.6 is 23.2 Å². The fourth-order valence-corrected chi connectivity index (χ4v) is 4.24. The zero-order valence-electron chi connectivity index (χ0n) is 17.0. The molecule has 0 radical (unpaired) electrons. The third kappa shape index (κ3) is 3.95. The molecule has 0 spiro atoms. The van der Waals surface area contributed by atoms with Crippen molar-refractivity contribution in [1.29, 1.82) is 0 Å². The van der Waals surface area contributed by atoms with Gasteiger partial charge in [-0.3, -0.25) is 19.3 Å². The van der Waals surface area contributed by atoms with E-state index in [0.29, 0.717) is 16.8 Å². The van der Waals surface area contributed by atoms with Gasteiger partial charge in [0.2, 0.25) is 0 Å². The highest BCUT2D eigenvalue weighted by Gasteiger charge is 2.35. The van der Waals surface area contributed by atoms with E-state index < -0.39 is 5.91 Å². The lowest BCUT2D eigenvalue weighted by atomic mass is 10.1. The van der Waals surface area contributed by atoms with Crippen LogP contribution in [0.15, 0.2) is 66.7 Å². The van der Waals surface area contributed by atoms with E-state index in [1.807, 2.05) is 6.07 Å². The van der Waals surface area contributed by atoms with Crippen molar-refractivity contribution in [1.82, 2.24) is 4.90 Å². The second kappa shape index (κ2) is 9.02. The van der Waals surface area contributed by atoms with E-state index >= 15 is 0 Å². The Morgan fingerprint density at radius 3 is 2.12 bits per heavy atom. The largest absolute Gasteiger partial charge is 0.494 e. The second-order valence-corrected chi connectivity index (χ2v) is 7.91. The number of benzene rings is 3. The molecule has 1 aliphatic rings. The molecule has 6 nitrogen and oxygen atoms in total. The number of halogens is 2. The van der Waals surface area contributed by atoms with Crippen molar-refractivity contribution in [2.75, 3.05) is 25.1 Å². The lowest BCUT2D eigenvalue weighted by Crippen LogP contribution is -2.41. The van der Waals surface area contributed by atoms with Gasteiger partial charge < -0.3 is 9.64 Å². The number of imide groups is 1. The molecular formula is C24H18Cl2N2O4. The molecule has 0 aromatic heterocycles. The summed E-state index contributed by atoms with van der Waals surface area (Å²) in [6.45, 7) is 0.0885. The fraction of sp³-hybridized carbons (Fsp3) is 0.125. The van der Waals surface area contributed by atoms with Gasteiger partial charge in [-0.25, -0.2) is 0 Å². The predicted octanol–water partition coefficient (Wildman–Crippen LogP) is 4.95. The van der Waals surface area contributed by atoms with Crippen LogP contribution in [0.1, 0.15) is 31.1 Å². The van der Waals surface area contributed by atoms with Gasteiger partial charge in [-0.05, 0) is 36.4 Å². The summed E-state index contributed by atoms with van der Waals surface area (Å²) in [6.07, 6.45) is 0. The molecule has 0 bridgehead atoms. The Kier molecular flexibility index (Phi) is 6.17. The summed E-state index contributed by atoms with van der Waals surface area (Å²) in [4.78, 5) is 41.6. The van der Waals surface area contributed by atoms with Gasteiger partial charge in [-0.1, -0.05) is 53.5 Å². The quantitative estimate of drug-likeness (QED) is 0.480. The highest BCUT2D eigenvalue weighted by Crippen LogP contribution is 2.34. The molecule has 0 aliphatic carbocycles. The summed E-state index contributed by atoms with van der Waals surface area (Å²) in [5.74, 6) is -0.985. The average Bonchev–Trinajstić information content (AvgIpc) is 3.04. The zero-order chi connectivity index (χ0) is 22.8. The van der Waals surface area contributed by atoms with Crippen LogP contribution in [0.2, 0.25) is 10.0 Å². The molecule has 1 aliphatic heterocycles. The summed E-state index contributed by atoms with van der Waals surface area (Å²) in [7, 11) is 1.41. The van der Waals surface area contributed by atoms with Crippen molar-refractivity contribution in [2.24, 2.45) is 0 Å². The number of anilines is 1. The number of nitrogens with zero attached hydrogens (tertiary/aromatic N) is 2. The van der Waals surface area contributed by atoms with Gasteiger partial charge in [0.15, 0.2) is 0 Å². The molecule has 0 saturated heterocycles. The first-order valence-electron chi connectivity index (χ1n) is 9.77. The number of ether oxygens (including phenoxy) is 1. The van der Waals surface area contributed by atoms with E-state index in [0.717, 1.165) is 4.90 Å². The van der Waals surface area contributed by atoms with E-state index in [-0.39, 0.29) is 46.3 Å². The second-order valence-electron chi connectivity index (χ2n) is 7.07. The minimum atomic E-state index is -0.422. The molecule has 162 valence electrons. The summed E-state index contributed by atoms with van der Waals surface area (Å²) < 4.78 is 5.34. The van der Waals surface area contributed by atoms with Gasteiger partial charge in [0.25, 0.3) is 17.7 Å². The van der Waals surface area contributed by atoms with E-state index in [2.05, 4.69) is 0 Å². The van der Waals surface area contributed by atoms with Crippen LogP contribution in [0.5, 0.6) is 5.75 Å². The van der Waals surface area contributed by atoms with Gasteiger partial charge in [-0.2, -0.15) is 0 Å². The normalized spacial score (nSPS) is 12.7. The zero-order valence-corrected chi connectivity index (χ0v) is 18.6. The molecule has 0 unspecified atom stereocenters. The van der Waals surface area contributed by atoms with Gasteiger partial charge >= 0.3 is 0 Å². The minimum absolute atomic E-state index is 0.0175. The van der Waals surface area contributed by atoms with Gasteiger partial charge in [0, 0.05) is 23.8 Å². The Bertz CT molecular complexity index is 1180. The lowest BCUT2D eigenvalue weighted by Gasteiger charge is -2.26. The van der Waals surface area contributed by atoms with E-state index in [4.69, 9.17) is 27.9 Å². The number of hydrogen-bond acceptors (Lipinski definition) is 4. The molecule has 0 N–H and O–H groups in total. The monoisotopic (exact) mass is 468 g/mol. The number of amides is 3. The maximum atomic E-state index is 13.6. The van der Waals surface area contributed by atoms with E-state index in [1.54, 1.807) is 48.5 Å². The third-order valence-electron chi connectivity index (χ3n) is 5.18. The van der Waals surface area contributed by atoms with Crippen LogP contribution in [0.25, 0.3) is 0 Å². The average molecular weight is 469 g/mol. The maximum absolute atomic E-state index is 13.6. The number of carbonyl (C=O) groups is 3. The number of fused-ring (bicyclic) bond motifs is 1. The van der Waals surface area contributed by atoms with Crippen LogP contribution in [-0.2, 0) is 0 Å².